The number of hydrogen-bond donors (Lipinski definition) is 1. The molecule has 276 valence electrons. The SMILES string of the molecule is O=C1C2CC=C3C(CC4(Cl)C(=O)N(c5c(F)c(F)c(F)c(F)c5F)C(=O)C4(Cl)C3c3cccc(O)c3)C2C(=O)N1C1CCN(Cc2ccccc2)CC1. The van der Waals surface area contributed by atoms with E-state index in [1.807, 2.05) is 30.3 Å². The van der Waals surface area contributed by atoms with Gasteiger partial charge in [-0.25, -0.2) is 26.9 Å². The lowest BCUT2D eigenvalue weighted by molar-refractivity contribution is -0.144. The number of aromatic hydroxyl groups is 1. The van der Waals surface area contributed by atoms with Crippen LogP contribution in [-0.4, -0.2) is 67.4 Å². The first-order valence-electron chi connectivity index (χ1n) is 17.1. The highest BCUT2D eigenvalue weighted by Gasteiger charge is 2.77. The van der Waals surface area contributed by atoms with Crippen LogP contribution in [0.1, 0.15) is 42.7 Å². The van der Waals surface area contributed by atoms with E-state index in [1.54, 1.807) is 6.08 Å². The van der Waals surface area contributed by atoms with Crippen molar-refractivity contribution in [2.75, 3.05) is 18.0 Å². The molecule has 0 spiro atoms. The van der Waals surface area contributed by atoms with Crippen molar-refractivity contribution in [3.63, 3.8) is 0 Å². The first-order chi connectivity index (χ1) is 25.2. The topological polar surface area (TPSA) is 98.2 Å². The normalized spacial score (nSPS) is 30.4. The molecule has 6 atom stereocenters. The van der Waals surface area contributed by atoms with Crippen molar-refractivity contribution >= 4 is 52.5 Å². The Morgan fingerprint density at radius 3 is 2.06 bits per heavy atom. The van der Waals surface area contributed by atoms with Crippen molar-refractivity contribution in [1.29, 1.82) is 0 Å². The van der Waals surface area contributed by atoms with Gasteiger partial charge in [0.2, 0.25) is 17.6 Å². The Balaban J connectivity index is 1.17. The second kappa shape index (κ2) is 12.6. The van der Waals surface area contributed by atoms with Crippen LogP contribution in [0, 0.1) is 46.8 Å². The number of nitrogens with zero attached hydrogens (tertiary/aromatic N) is 3. The number of amides is 4. The predicted molar refractivity (Wildman–Crippen MR) is 181 cm³/mol. The maximum atomic E-state index is 15.2. The second-order valence-electron chi connectivity index (χ2n) is 14.3. The van der Waals surface area contributed by atoms with Crippen LogP contribution in [0.15, 0.2) is 66.2 Å². The van der Waals surface area contributed by atoms with Gasteiger partial charge in [-0.15, -0.1) is 23.2 Å². The molecule has 3 aromatic carbocycles. The molecule has 6 unspecified atom stereocenters. The van der Waals surface area contributed by atoms with E-state index < -0.39 is 104 Å². The summed E-state index contributed by atoms with van der Waals surface area (Å²) in [5, 5.41) is 10.5. The van der Waals surface area contributed by atoms with Crippen molar-refractivity contribution in [3.05, 3.63) is 106 Å². The second-order valence-corrected chi connectivity index (χ2v) is 15.6. The van der Waals surface area contributed by atoms with E-state index in [2.05, 4.69) is 4.90 Å². The molecule has 4 amide bonds. The van der Waals surface area contributed by atoms with Crippen LogP contribution in [-0.2, 0) is 25.7 Å². The summed E-state index contributed by atoms with van der Waals surface area (Å²) in [6.07, 6.45) is 2.14. The summed E-state index contributed by atoms with van der Waals surface area (Å²) in [5.74, 6) is -20.9. The molecular weight excluding hydrogens is 744 g/mol. The average Bonchev–Trinajstić information content (AvgIpc) is 3.48. The lowest BCUT2D eigenvalue weighted by atomic mass is 9.56. The molecule has 4 fully saturated rings. The third-order valence-corrected chi connectivity index (χ3v) is 13.0. The Morgan fingerprint density at radius 2 is 1.42 bits per heavy atom. The molecule has 1 N–H and O–H groups in total. The first-order valence-corrected chi connectivity index (χ1v) is 17.9. The van der Waals surface area contributed by atoms with Gasteiger partial charge in [0.1, 0.15) is 11.4 Å². The number of alkyl halides is 2. The molecule has 53 heavy (non-hydrogen) atoms. The number of imide groups is 2. The maximum Gasteiger partial charge on any atom is 0.258 e. The van der Waals surface area contributed by atoms with Crippen molar-refractivity contribution < 1.29 is 46.2 Å². The Bertz CT molecular complexity index is 2100. The van der Waals surface area contributed by atoms with E-state index in [-0.39, 0.29) is 22.6 Å². The van der Waals surface area contributed by atoms with Crippen LogP contribution in [0.4, 0.5) is 27.6 Å². The lowest BCUT2D eigenvalue weighted by Gasteiger charge is -2.50. The molecule has 0 radical (unpaired) electrons. The fourth-order valence-corrected chi connectivity index (χ4v) is 10.1. The summed E-state index contributed by atoms with van der Waals surface area (Å²) >= 11 is 14.3. The number of likely N-dealkylation sites (tertiary alicyclic amines) is 2. The van der Waals surface area contributed by atoms with Gasteiger partial charge in [0.15, 0.2) is 33.0 Å². The molecule has 1 saturated carbocycles. The highest BCUT2D eigenvalue weighted by Crippen LogP contribution is 2.66. The zero-order valence-electron chi connectivity index (χ0n) is 27.7. The van der Waals surface area contributed by atoms with E-state index in [0.29, 0.717) is 38.0 Å². The fourth-order valence-electron chi connectivity index (χ4n) is 9.21. The highest BCUT2D eigenvalue weighted by atomic mass is 35.5. The van der Waals surface area contributed by atoms with Gasteiger partial charge >= 0.3 is 0 Å². The van der Waals surface area contributed by atoms with Gasteiger partial charge in [0.05, 0.1) is 11.8 Å². The minimum absolute atomic E-state index is 0.0471. The van der Waals surface area contributed by atoms with Gasteiger partial charge in [-0.3, -0.25) is 29.0 Å². The number of phenols is 1. The van der Waals surface area contributed by atoms with E-state index in [4.69, 9.17) is 23.2 Å². The molecule has 3 aliphatic heterocycles. The summed E-state index contributed by atoms with van der Waals surface area (Å²) in [7, 11) is 0. The van der Waals surface area contributed by atoms with Crippen LogP contribution in [0.3, 0.4) is 0 Å². The van der Waals surface area contributed by atoms with Gasteiger partial charge in [0, 0.05) is 31.6 Å². The van der Waals surface area contributed by atoms with Crippen molar-refractivity contribution in [2.45, 2.75) is 53.9 Å². The van der Waals surface area contributed by atoms with Gasteiger partial charge in [0.25, 0.3) is 11.8 Å². The number of fused-ring (bicyclic) bond motifs is 4. The summed E-state index contributed by atoms with van der Waals surface area (Å²) in [5.41, 5.74) is -0.262. The Morgan fingerprint density at radius 1 is 0.774 bits per heavy atom. The summed E-state index contributed by atoms with van der Waals surface area (Å²) in [4.78, 5) is 55.2. The lowest BCUT2D eigenvalue weighted by Crippen LogP contribution is -2.60. The van der Waals surface area contributed by atoms with E-state index >= 15 is 8.78 Å². The number of carbonyl (C=O) groups excluding carboxylic acids is 4. The maximum absolute atomic E-state index is 15.2. The molecule has 0 aromatic heterocycles. The average molecular weight is 775 g/mol. The molecule has 8 nitrogen and oxygen atoms in total. The van der Waals surface area contributed by atoms with Gasteiger partial charge in [-0.1, -0.05) is 54.1 Å². The summed E-state index contributed by atoms with van der Waals surface area (Å²) in [6, 6.07) is 14.9. The quantitative estimate of drug-likeness (QED) is 0.0815. The van der Waals surface area contributed by atoms with Crippen LogP contribution in [0.5, 0.6) is 5.75 Å². The molecule has 8 rings (SSSR count). The van der Waals surface area contributed by atoms with Gasteiger partial charge in [-0.05, 0) is 54.9 Å². The minimum Gasteiger partial charge on any atom is -0.508 e. The van der Waals surface area contributed by atoms with E-state index in [9.17, 15) is 37.5 Å². The summed E-state index contributed by atoms with van der Waals surface area (Å²) < 4.78 is 73.4. The van der Waals surface area contributed by atoms with Crippen LogP contribution in [0.2, 0.25) is 0 Å². The third kappa shape index (κ3) is 5.02. The van der Waals surface area contributed by atoms with E-state index in [0.717, 1.165) is 5.56 Å². The highest BCUT2D eigenvalue weighted by molar-refractivity contribution is 6.58. The van der Waals surface area contributed by atoms with Crippen LogP contribution < -0.4 is 4.90 Å². The Hall–Kier alpha value is -4.33. The minimum atomic E-state index is -2.65. The molecule has 3 heterocycles. The molecule has 0 bridgehead atoms. The number of rotatable bonds is 5. The standard InChI is InChI=1S/C38H30Cl2F5N3O5/c39-37-16-24-22(9-10-23-25(24)34(51)47(33(23)50)20-11-13-46(14-12-20)17-18-5-2-1-3-6-18)26(19-7-4-8-21(49)15-19)38(37,40)36(53)48(35(37)52)32-30(44)28(42)27(41)29(43)31(32)45/h1-9,15,20,23-26,49H,10-14,16-17H2. The zero-order chi connectivity index (χ0) is 37.7. The number of hydrogen-bond acceptors (Lipinski definition) is 6. The van der Waals surface area contributed by atoms with Crippen molar-refractivity contribution in [1.82, 2.24) is 9.80 Å². The first kappa shape index (κ1) is 35.7. The Kier molecular flexibility index (Phi) is 8.50. The molecule has 3 saturated heterocycles. The van der Waals surface area contributed by atoms with E-state index in [1.165, 1.54) is 29.2 Å². The van der Waals surface area contributed by atoms with Gasteiger partial charge < -0.3 is 5.11 Å². The van der Waals surface area contributed by atoms with Crippen LogP contribution in [0.25, 0.3) is 0 Å². The molecule has 3 aromatic rings. The largest absolute Gasteiger partial charge is 0.508 e. The summed E-state index contributed by atoms with van der Waals surface area (Å²) in [6.45, 7) is 1.96. The number of anilines is 1. The monoisotopic (exact) mass is 773 g/mol. The number of allylic oxidation sites excluding steroid dienone is 2. The Labute approximate surface area is 309 Å². The zero-order valence-corrected chi connectivity index (χ0v) is 29.2. The molecule has 5 aliphatic rings. The predicted octanol–water partition coefficient (Wildman–Crippen LogP) is 6.32. The smallest absolute Gasteiger partial charge is 0.258 e. The molecule has 15 heteroatoms. The van der Waals surface area contributed by atoms with Gasteiger partial charge in [-0.2, -0.15) is 0 Å². The fraction of sp³-hybridized carbons (Fsp3) is 0.368. The number of halogens is 7. The molecule has 2 aliphatic carbocycles. The van der Waals surface area contributed by atoms with Crippen molar-refractivity contribution in [2.24, 2.45) is 17.8 Å². The third-order valence-electron chi connectivity index (χ3n) is 11.6. The number of benzene rings is 3. The molecular formula is C38H30Cl2F5N3O5. The number of piperidine rings is 1. The van der Waals surface area contributed by atoms with Crippen molar-refractivity contribution in [3.8, 4) is 5.75 Å². The number of phenolic OH excluding ortho intramolecular Hbond substituents is 1. The number of carbonyl (C=O) groups is 4. The van der Waals surface area contributed by atoms with Crippen LogP contribution >= 0.6 is 23.2 Å².